The Morgan fingerprint density at radius 1 is 1.32 bits per heavy atom. The molecule has 0 aromatic heterocycles. The smallest absolute Gasteiger partial charge is 0.241 e. The Bertz CT molecular complexity index is 643. The first-order valence-corrected chi connectivity index (χ1v) is 9.04. The molecule has 1 atom stereocenters. The van der Waals surface area contributed by atoms with E-state index < -0.39 is 11.6 Å². The van der Waals surface area contributed by atoms with Crippen molar-refractivity contribution in [3.05, 3.63) is 29.8 Å². The number of rotatable bonds is 8. The molecule has 158 valence electrons. The minimum atomic E-state index is -0.566. The quantitative estimate of drug-likeness (QED) is 0.214. The number of benzene rings is 1. The molecule has 7 nitrogen and oxygen atoms in total. The summed E-state index contributed by atoms with van der Waals surface area (Å²) in [7, 11) is 1.57. The molecular formula is C18H28F2IN5O2. The molecule has 0 radical (unpaired) electrons. The van der Waals surface area contributed by atoms with Gasteiger partial charge in [-0.15, -0.1) is 24.0 Å². The van der Waals surface area contributed by atoms with E-state index in [0.717, 1.165) is 0 Å². The minimum Gasteiger partial charge on any atom is -0.383 e. The molecular weight excluding hydrogens is 483 g/mol. The van der Waals surface area contributed by atoms with Gasteiger partial charge >= 0.3 is 0 Å². The van der Waals surface area contributed by atoms with Gasteiger partial charge in [0.1, 0.15) is 23.9 Å². The summed E-state index contributed by atoms with van der Waals surface area (Å²) >= 11 is 0. The summed E-state index contributed by atoms with van der Waals surface area (Å²) in [5.74, 6) is -0.834. The molecule has 1 amide bonds. The lowest BCUT2D eigenvalue weighted by Gasteiger charge is -2.21. The second-order valence-corrected chi connectivity index (χ2v) is 6.18. The number of para-hydroxylation sites is 1. The number of carbonyl (C=O) groups is 1. The van der Waals surface area contributed by atoms with E-state index in [1.165, 1.54) is 18.2 Å². The Kier molecular flexibility index (Phi) is 11.0. The highest BCUT2D eigenvalue weighted by atomic mass is 127. The molecule has 0 bridgehead atoms. The van der Waals surface area contributed by atoms with Crippen LogP contribution in [0.1, 0.15) is 13.3 Å². The number of hydrogen-bond donors (Lipinski definition) is 3. The monoisotopic (exact) mass is 511 g/mol. The fourth-order valence-corrected chi connectivity index (χ4v) is 2.88. The molecule has 1 fully saturated rings. The van der Waals surface area contributed by atoms with Crippen molar-refractivity contribution < 1.29 is 18.3 Å². The van der Waals surface area contributed by atoms with Gasteiger partial charge in [0.05, 0.1) is 6.61 Å². The van der Waals surface area contributed by atoms with Gasteiger partial charge in [-0.2, -0.15) is 0 Å². The van der Waals surface area contributed by atoms with Crippen LogP contribution in [0.15, 0.2) is 23.2 Å². The van der Waals surface area contributed by atoms with Crippen molar-refractivity contribution in [3.63, 3.8) is 0 Å². The highest BCUT2D eigenvalue weighted by molar-refractivity contribution is 14.0. The molecule has 0 spiro atoms. The Balaban J connectivity index is 0.00000392. The van der Waals surface area contributed by atoms with Crippen LogP contribution in [0.3, 0.4) is 0 Å². The second kappa shape index (κ2) is 12.7. The molecule has 1 aliphatic rings. The topological polar surface area (TPSA) is 78.0 Å². The summed E-state index contributed by atoms with van der Waals surface area (Å²) in [6, 6.07) is 3.84. The van der Waals surface area contributed by atoms with Crippen molar-refractivity contribution in [2.24, 2.45) is 4.99 Å². The molecule has 0 aliphatic carbocycles. The number of aliphatic imine (C=N–C) groups is 1. The van der Waals surface area contributed by atoms with Gasteiger partial charge in [0, 0.05) is 39.3 Å². The third-order valence-corrected chi connectivity index (χ3v) is 4.14. The number of nitrogens with one attached hydrogen (secondary N) is 3. The number of hydrogen-bond acceptors (Lipinski definition) is 4. The van der Waals surface area contributed by atoms with E-state index in [1.807, 2.05) is 6.92 Å². The van der Waals surface area contributed by atoms with Gasteiger partial charge in [-0.1, -0.05) is 6.07 Å². The molecule has 1 saturated heterocycles. The van der Waals surface area contributed by atoms with Crippen LogP contribution in [0, 0.1) is 11.6 Å². The molecule has 1 aromatic rings. The van der Waals surface area contributed by atoms with Crippen molar-refractivity contribution in [2.45, 2.75) is 19.4 Å². The Labute approximate surface area is 181 Å². The number of methoxy groups -OCH3 is 1. The van der Waals surface area contributed by atoms with Gasteiger partial charge in [-0.05, 0) is 25.5 Å². The fraction of sp³-hybridized carbons (Fsp3) is 0.556. The van der Waals surface area contributed by atoms with Crippen molar-refractivity contribution in [3.8, 4) is 0 Å². The van der Waals surface area contributed by atoms with Crippen LogP contribution in [0.4, 0.5) is 14.5 Å². The van der Waals surface area contributed by atoms with Crippen LogP contribution in [-0.2, 0) is 9.53 Å². The van der Waals surface area contributed by atoms with Crippen molar-refractivity contribution >= 4 is 41.5 Å². The number of carbonyl (C=O) groups excluding carboxylic acids is 1. The van der Waals surface area contributed by atoms with Gasteiger partial charge in [-0.3, -0.25) is 4.79 Å². The maximum atomic E-state index is 14.0. The van der Waals surface area contributed by atoms with E-state index in [4.69, 9.17) is 4.74 Å². The van der Waals surface area contributed by atoms with E-state index in [-0.39, 0.29) is 48.2 Å². The van der Waals surface area contributed by atoms with Gasteiger partial charge in [-0.25, -0.2) is 13.8 Å². The highest BCUT2D eigenvalue weighted by Gasteiger charge is 2.27. The lowest BCUT2D eigenvalue weighted by molar-refractivity contribution is -0.119. The average Bonchev–Trinajstić information content (AvgIpc) is 3.08. The largest absolute Gasteiger partial charge is 0.383 e. The van der Waals surface area contributed by atoms with Gasteiger partial charge in [0.2, 0.25) is 5.91 Å². The van der Waals surface area contributed by atoms with Crippen LogP contribution in [0.5, 0.6) is 0 Å². The molecule has 1 unspecified atom stereocenters. The van der Waals surface area contributed by atoms with Gasteiger partial charge < -0.3 is 25.6 Å². The van der Waals surface area contributed by atoms with Gasteiger partial charge in [0.25, 0.3) is 0 Å². The maximum absolute atomic E-state index is 14.0. The van der Waals surface area contributed by atoms with Crippen molar-refractivity contribution in [1.29, 1.82) is 0 Å². The molecule has 1 aliphatic heterocycles. The number of guanidine groups is 1. The zero-order valence-electron chi connectivity index (χ0n) is 16.1. The third kappa shape index (κ3) is 7.38. The van der Waals surface area contributed by atoms with E-state index in [9.17, 15) is 13.6 Å². The van der Waals surface area contributed by atoms with E-state index in [1.54, 1.807) is 12.0 Å². The summed E-state index contributed by atoms with van der Waals surface area (Å²) in [5.41, 5.74) is 0.00117. The van der Waals surface area contributed by atoms with Crippen LogP contribution < -0.4 is 20.9 Å². The molecule has 2 rings (SSSR count). The molecule has 10 heteroatoms. The molecule has 0 saturated carbocycles. The van der Waals surface area contributed by atoms with E-state index in [0.29, 0.717) is 45.2 Å². The van der Waals surface area contributed by atoms with Crippen LogP contribution in [0.2, 0.25) is 0 Å². The summed E-state index contributed by atoms with van der Waals surface area (Å²) in [6.45, 7) is 4.39. The van der Waals surface area contributed by atoms with Crippen LogP contribution >= 0.6 is 24.0 Å². The summed E-state index contributed by atoms with van der Waals surface area (Å²) in [6.07, 6.45) is 0.707. The summed E-state index contributed by atoms with van der Waals surface area (Å²) in [4.78, 5) is 17.7. The van der Waals surface area contributed by atoms with E-state index >= 15 is 0 Å². The standard InChI is InChI=1S/C18H27F2N5O2.HI/c1-3-21-18(23-11-16(26)22-8-10-27-2)24-13-7-9-25(12-13)17-14(19)5-4-6-15(17)20;/h4-6,13H,3,7-12H2,1-2H3,(H,22,26)(H2,21,23,24);1H. The summed E-state index contributed by atoms with van der Waals surface area (Å²) in [5, 5.41) is 9.00. The third-order valence-electron chi connectivity index (χ3n) is 4.14. The lowest BCUT2D eigenvalue weighted by atomic mass is 10.2. The second-order valence-electron chi connectivity index (χ2n) is 6.18. The number of halogens is 3. The van der Waals surface area contributed by atoms with Crippen molar-refractivity contribution in [2.75, 3.05) is 51.3 Å². The Morgan fingerprint density at radius 2 is 2.04 bits per heavy atom. The molecule has 1 heterocycles. The lowest BCUT2D eigenvalue weighted by Crippen LogP contribution is -2.45. The molecule has 3 N–H and O–H groups in total. The number of nitrogens with zero attached hydrogens (tertiary/aromatic N) is 2. The fourth-order valence-electron chi connectivity index (χ4n) is 2.88. The van der Waals surface area contributed by atoms with Crippen LogP contribution in [0.25, 0.3) is 0 Å². The average molecular weight is 511 g/mol. The first-order chi connectivity index (χ1) is 13.0. The zero-order valence-corrected chi connectivity index (χ0v) is 18.5. The molecule has 28 heavy (non-hydrogen) atoms. The molecule has 1 aromatic carbocycles. The minimum absolute atomic E-state index is 0. The highest BCUT2D eigenvalue weighted by Crippen LogP contribution is 2.26. The van der Waals surface area contributed by atoms with Crippen molar-refractivity contribution in [1.82, 2.24) is 16.0 Å². The van der Waals surface area contributed by atoms with E-state index in [2.05, 4.69) is 20.9 Å². The number of amides is 1. The Hall–Kier alpha value is -1.69. The number of anilines is 1. The SMILES string of the molecule is CCNC(=NCC(=O)NCCOC)NC1CCN(c2c(F)cccc2F)C1.I. The van der Waals surface area contributed by atoms with Gasteiger partial charge in [0.15, 0.2) is 5.96 Å². The zero-order chi connectivity index (χ0) is 19.6. The summed E-state index contributed by atoms with van der Waals surface area (Å²) < 4.78 is 32.8. The predicted octanol–water partition coefficient (Wildman–Crippen LogP) is 1.48. The first kappa shape index (κ1) is 24.3. The Morgan fingerprint density at radius 3 is 2.68 bits per heavy atom. The van der Waals surface area contributed by atoms with Crippen LogP contribution in [-0.4, -0.2) is 64.3 Å². The maximum Gasteiger partial charge on any atom is 0.241 e. The first-order valence-electron chi connectivity index (χ1n) is 9.04. The number of ether oxygens (including phenoxy) is 1. The normalized spacial score (nSPS) is 16.5. The predicted molar refractivity (Wildman–Crippen MR) is 116 cm³/mol.